The first-order chi connectivity index (χ1) is 12.0. The summed E-state index contributed by atoms with van der Waals surface area (Å²) in [6.45, 7) is 3.60. The maximum Gasteiger partial charge on any atom is 0.317 e. The maximum absolute atomic E-state index is 13.8. The Morgan fingerprint density at radius 3 is 2.84 bits per heavy atom. The third kappa shape index (κ3) is 3.92. The number of fused-ring (bicyclic) bond motifs is 1. The quantitative estimate of drug-likeness (QED) is 0.851. The molecule has 2 aliphatic rings. The second kappa shape index (κ2) is 7.39. The molecule has 1 aromatic rings. The van der Waals surface area contributed by atoms with Gasteiger partial charge in [-0.2, -0.15) is 0 Å². The number of urea groups is 1. The van der Waals surface area contributed by atoms with Crippen LogP contribution in [0.1, 0.15) is 30.9 Å². The van der Waals surface area contributed by atoms with E-state index in [0.717, 1.165) is 18.4 Å². The minimum Gasteiger partial charge on any atom is -0.480 e. The van der Waals surface area contributed by atoms with Crippen LogP contribution in [0, 0.1) is 5.82 Å². The highest BCUT2D eigenvalue weighted by Gasteiger charge is 2.35. The van der Waals surface area contributed by atoms with Crippen molar-refractivity contribution >= 4 is 12.0 Å². The molecule has 7 heteroatoms. The Bertz CT molecular complexity index is 661. The van der Waals surface area contributed by atoms with Crippen LogP contribution in [0.5, 0.6) is 0 Å². The number of aliphatic carboxylic acids is 1. The number of hydrogen-bond donors (Lipinski definition) is 2. The summed E-state index contributed by atoms with van der Waals surface area (Å²) >= 11 is 0. The van der Waals surface area contributed by atoms with Crippen molar-refractivity contribution in [2.75, 3.05) is 19.6 Å². The van der Waals surface area contributed by atoms with Gasteiger partial charge in [0, 0.05) is 25.2 Å². The fourth-order valence-corrected chi connectivity index (χ4v) is 3.68. The monoisotopic (exact) mass is 349 g/mol. The van der Waals surface area contributed by atoms with Gasteiger partial charge in [-0.3, -0.25) is 9.69 Å². The lowest BCUT2D eigenvalue weighted by molar-refractivity contribution is -0.139. The van der Waals surface area contributed by atoms with Crippen molar-refractivity contribution in [3.8, 4) is 0 Å². The predicted molar refractivity (Wildman–Crippen MR) is 90.7 cm³/mol. The number of carbonyl (C=O) groups is 2. The summed E-state index contributed by atoms with van der Waals surface area (Å²) in [6.07, 6.45) is 2.07. The molecule has 3 rings (SSSR count). The Hall–Kier alpha value is -2.15. The van der Waals surface area contributed by atoms with Gasteiger partial charge in [-0.05, 0) is 43.0 Å². The van der Waals surface area contributed by atoms with Crippen LogP contribution in [-0.4, -0.2) is 58.6 Å². The van der Waals surface area contributed by atoms with Crippen molar-refractivity contribution in [3.63, 3.8) is 0 Å². The number of nitrogens with zero attached hydrogens (tertiary/aromatic N) is 2. The molecular weight excluding hydrogens is 325 g/mol. The lowest BCUT2D eigenvalue weighted by atomic mass is 9.85. The van der Waals surface area contributed by atoms with Crippen LogP contribution in [0.2, 0.25) is 0 Å². The zero-order chi connectivity index (χ0) is 18.0. The smallest absolute Gasteiger partial charge is 0.317 e. The van der Waals surface area contributed by atoms with E-state index in [1.54, 1.807) is 11.0 Å². The van der Waals surface area contributed by atoms with Crippen LogP contribution in [0.25, 0.3) is 0 Å². The van der Waals surface area contributed by atoms with E-state index in [4.69, 9.17) is 5.11 Å². The molecule has 2 amide bonds. The van der Waals surface area contributed by atoms with Crippen molar-refractivity contribution in [2.45, 2.75) is 44.8 Å². The van der Waals surface area contributed by atoms with E-state index in [2.05, 4.69) is 5.32 Å². The summed E-state index contributed by atoms with van der Waals surface area (Å²) in [4.78, 5) is 26.9. The van der Waals surface area contributed by atoms with Crippen LogP contribution in [-0.2, 0) is 17.8 Å². The van der Waals surface area contributed by atoms with Gasteiger partial charge < -0.3 is 15.3 Å². The number of hydrogen-bond acceptors (Lipinski definition) is 3. The second-order valence-electron chi connectivity index (χ2n) is 6.78. The largest absolute Gasteiger partial charge is 0.480 e. The zero-order valence-electron chi connectivity index (χ0n) is 14.4. The molecule has 0 saturated heterocycles. The van der Waals surface area contributed by atoms with Gasteiger partial charge in [0.25, 0.3) is 0 Å². The molecule has 1 aromatic carbocycles. The van der Waals surface area contributed by atoms with Crippen LogP contribution < -0.4 is 5.32 Å². The van der Waals surface area contributed by atoms with E-state index in [-0.39, 0.29) is 30.5 Å². The highest BCUT2D eigenvalue weighted by molar-refractivity contribution is 5.75. The van der Waals surface area contributed by atoms with Crippen molar-refractivity contribution in [1.29, 1.82) is 0 Å². The van der Waals surface area contributed by atoms with E-state index in [9.17, 15) is 14.0 Å². The Labute approximate surface area is 146 Å². The molecule has 2 N–H and O–H groups in total. The lowest BCUT2D eigenvalue weighted by Gasteiger charge is -2.43. The number of amides is 2. The minimum atomic E-state index is -0.825. The lowest BCUT2D eigenvalue weighted by Crippen LogP contribution is -2.57. The standard InChI is InChI=1S/C18H24FN3O3/c1-2-21(11-17(23)24)14-8-13(9-14)20-18(25)22-7-6-15-12(10-22)4-3-5-16(15)19/h3-5,13-14H,2,6-11H2,1H3,(H,20,25)(H,23,24). The van der Waals surface area contributed by atoms with Crippen LogP contribution in [0.15, 0.2) is 18.2 Å². The molecule has 0 radical (unpaired) electrons. The SMILES string of the molecule is CCN(CC(=O)O)C1CC(NC(=O)N2CCc3c(F)cccc3C2)C1. The molecule has 1 aliphatic heterocycles. The van der Waals surface area contributed by atoms with Crippen LogP contribution in [0.4, 0.5) is 9.18 Å². The molecule has 0 bridgehead atoms. The highest BCUT2D eigenvalue weighted by Crippen LogP contribution is 2.26. The van der Waals surface area contributed by atoms with Crippen molar-refractivity contribution in [2.24, 2.45) is 0 Å². The summed E-state index contributed by atoms with van der Waals surface area (Å²) in [7, 11) is 0. The normalized spacial score (nSPS) is 22.3. The Kier molecular flexibility index (Phi) is 5.22. The van der Waals surface area contributed by atoms with Gasteiger partial charge in [0.05, 0.1) is 6.54 Å². The number of carbonyl (C=O) groups excluding carboxylic acids is 1. The number of carboxylic acid groups (broad SMARTS) is 1. The first-order valence-electron chi connectivity index (χ1n) is 8.75. The van der Waals surface area contributed by atoms with E-state index in [1.165, 1.54) is 6.07 Å². The van der Waals surface area contributed by atoms with Crippen LogP contribution in [0.3, 0.4) is 0 Å². The Morgan fingerprint density at radius 2 is 2.16 bits per heavy atom. The Morgan fingerprint density at radius 1 is 1.40 bits per heavy atom. The number of likely N-dealkylation sites (N-methyl/N-ethyl adjacent to an activating group) is 1. The number of carboxylic acids is 1. The van der Waals surface area contributed by atoms with E-state index in [1.807, 2.05) is 17.9 Å². The summed E-state index contributed by atoms with van der Waals surface area (Å²) in [6, 6.07) is 5.16. The molecule has 25 heavy (non-hydrogen) atoms. The average molecular weight is 349 g/mol. The van der Waals surface area contributed by atoms with Gasteiger partial charge in [0.2, 0.25) is 0 Å². The fraction of sp³-hybridized carbons (Fsp3) is 0.556. The molecule has 0 atom stereocenters. The molecule has 0 unspecified atom stereocenters. The summed E-state index contributed by atoms with van der Waals surface area (Å²) in [5.41, 5.74) is 1.58. The van der Waals surface area contributed by atoms with E-state index >= 15 is 0 Å². The topological polar surface area (TPSA) is 72.9 Å². The molecule has 6 nitrogen and oxygen atoms in total. The number of benzene rings is 1. The fourth-order valence-electron chi connectivity index (χ4n) is 3.68. The maximum atomic E-state index is 13.8. The average Bonchev–Trinajstić information content (AvgIpc) is 2.55. The molecular formula is C18H24FN3O3. The molecule has 1 heterocycles. The summed E-state index contributed by atoms with van der Waals surface area (Å²) < 4.78 is 13.8. The number of rotatable bonds is 5. The van der Waals surface area contributed by atoms with Gasteiger partial charge in [-0.15, -0.1) is 0 Å². The first kappa shape index (κ1) is 17.7. The first-order valence-corrected chi connectivity index (χ1v) is 8.75. The minimum absolute atomic E-state index is 0.0380. The molecule has 1 fully saturated rings. The summed E-state index contributed by atoms with van der Waals surface area (Å²) in [5.74, 6) is -1.02. The molecule has 1 saturated carbocycles. The van der Waals surface area contributed by atoms with Gasteiger partial charge in [0.15, 0.2) is 0 Å². The number of halogens is 1. The second-order valence-corrected chi connectivity index (χ2v) is 6.78. The van der Waals surface area contributed by atoms with Crippen molar-refractivity contribution in [1.82, 2.24) is 15.1 Å². The third-order valence-electron chi connectivity index (χ3n) is 5.20. The third-order valence-corrected chi connectivity index (χ3v) is 5.20. The molecule has 1 aliphatic carbocycles. The highest BCUT2D eigenvalue weighted by atomic mass is 19.1. The van der Waals surface area contributed by atoms with Gasteiger partial charge in [-0.1, -0.05) is 19.1 Å². The molecule has 0 aromatic heterocycles. The van der Waals surface area contributed by atoms with Gasteiger partial charge in [-0.25, -0.2) is 9.18 Å². The summed E-state index contributed by atoms with van der Waals surface area (Å²) in [5, 5.41) is 11.9. The predicted octanol–water partition coefficient (Wildman–Crippen LogP) is 1.83. The van der Waals surface area contributed by atoms with E-state index in [0.29, 0.717) is 31.6 Å². The van der Waals surface area contributed by atoms with Crippen molar-refractivity contribution in [3.05, 3.63) is 35.1 Å². The van der Waals surface area contributed by atoms with Gasteiger partial charge >= 0.3 is 12.0 Å². The zero-order valence-corrected chi connectivity index (χ0v) is 14.4. The molecule has 136 valence electrons. The van der Waals surface area contributed by atoms with Crippen LogP contribution >= 0.6 is 0 Å². The van der Waals surface area contributed by atoms with E-state index < -0.39 is 5.97 Å². The number of nitrogens with one attached hydrogen (secondary N) is 1. The molecule has 0 spiro atoms. The van der Waals surface area contributed by atoms with Crippen molar-refractivity contribution < 1.29 is 19.1 Å². The Balaban J connectivity index is 1.49. The van der Waals surface area contributed by atoms with Gasteiger partial charge in [0.1, 0.15) is 5.82 Å².